The molecule has 1 aromatic heterocycles. The van der Waals surface area contributed by atoms with Gasteiger partial charge in [-0.05, 0) is 44.0 Å². The Morgan fingerprint density at radius 3 is 2.67 bits per heavy atom. The van der Waals surface area contributed by atoms with Crippen LogP contribution in [0.1, 0.15) is 30.2 Å². The van der Waals surface area contributed by atoms with E-state index in [4.69, 9.17) is 0 Å². The molecule has 0 aliphatic rings. The van der Waals surface area contributed by atoms with Crippen LogP contribution in [-0.4, -0.2) is 18.6 Å². The SMILES string of the molecule is CCCNc1cccc(CN(C)c2ccc(C)cc2C)n1. The summed E-state index contributed by atoms with van der Waals surface area (Å²) in [7, 11) is 2.12. The predicted molar refractivity (Wildman–Crippen MR) is 91.0 cm³/mol. The average molecular weight is 283 g/mol. The molecule has 0 atom stereocenters. The fourth-order valence-corrected chi connectivity index (χ4v) is 2.48. The second-order valence-corrected chi connectivity index (χ2v) is 5.59. The van der Waals surface area contributed by atoms with Gasteiger partial charge in [0.1, 0.15) is 5.82 Å². The van der Waals surface area contributed by atoms with E-state index in [-0.39, 0.29) is 0 Å². The van der Waals surface area contributed by atoms with Gasteiger partial charge in [0.15, 0.2) is 0 Å². The van der Waals surface area contributed by atoms with Crippen LogP contribution in [0.2, 0.25) is 0 Å². The van der Waals surface area contributed by atoms with Crippen LogP contribution >= 0.6 is 0 Å². The third kappa shape index (κ3) is 4.22. The Bertz CT molecular complexity index is 593. The molecule has 0 radical (unpaired) electrons. The third-order valence-electron chi connectivity index (χ3n) is 3.53. The van der Waals surface area contributed by atoms with Crippen molar-refractivity contribution in [1.29, 1.82) is 0 Å². The number of hydrogen-bond acceptors (Lipinski definition) is 3. The molecule has 2 aromatic rings. The van der Waals surface area contributed by atoms with Crippen LogP contribution < -0.4 is 10.2 Å². The Balaban J connectivity index is 2.10. The number of benzene rings is 1. The summed E-state index contributed by atoms with van der Waals surface area (Å²) in [6.07, 6.45) is 1.11. The van der Waals surface area contributed by atoms with Gasteiger partial charge >= 0.3 is 0 Å². The molecular formula is C18H25N3. The molecule has 1 N–H and O–H groups in total. The summed E-state index contributed by atoms with van der Waals surface area (Å²) < 4.78 is 0. The van der Waals surface area contributed by atoms with E-state index in [0.717, 1.165) is 31.0 Å². The Labute approximate surface area is 128 Å². The highest BCUT2D eigenvalue weighted by Gasteiger charge is 2.07. The maximum Gasteiger partial charge on any atom is 0.126 e. The monoisotopic (exact) mass is 283 g/mol. The number of anilines is 2. The summed E-state index contributed by atoms with van der Waals surface area (Å²) in [5.41, 5.74) is 4.94. The predicted octanol–water partition coefficient (Wildman–Crippen LogP) is 4.16. The molecule has 0 saturated heterocycles. The van der Waals surface area contributed by atoms with Gasteiger partial charge in [-0.25, -0.2) is 4.98 Å². The Hall–Kier alpha value is -2.03. The maximum absolute atomic E-state index is 4.67. The fourth-order valence-electron chi connectivity index (χ4n) is 2.48. The summed E-state index contributed by atoms with van der Waals surface area (Å²) in [4.78, 5) is 6.92. The lowest BCUT2D eigenvalue weighted by molar-refractivity contribution is 0.876. The van der Waals surface area contributed by atoms with Gasteiger partial charge in [0.05, 0.1) is 12.2 Å². The molecule has 0 fully saturated rings. The molecule has 1 aromatic carbocycles. The first-order valence-corrected chi connectivity index (χ1v) is 7.58. The van der Waals surface area contributed by atoms with Crippen LogP contribution in [0, 0.1) is 13.8 Å². The Morgan fingerprint density at radius 1 is 1.14 bits per heavy atom. The van der Waals surface area contributed by atoms with E-state index in [1.54, 1.807) is 0 Å². The van der Waals surface area contributed by atoms with Crippen LogP contribution in [0.5, 0.6) is 0 Å². The first-order chi connectivity index (χ1) is 10.1. The van der Waals surface area contributed by atoms with E-state index in [1.165, 1.54) is 16.8 Å². The van der Waals surface area contributed by atoms with Crippen molar-refractivity contribution in [3.63, 3.8) is 0 Å². The second kappa shape index (κ2) is 7.11. The first-order valence-electron chi connectivity index (χ1n) is 7.58. The highest BCUT2D eigenvalue weighted by Crippen LogP contribution is 2.21. The zero-order chi connectivity index (χ0) is 15.2. The van der Waals surface area contributed by atoms with E-state index >= 15 is 0 Å². The standard InChI is InChI=1S/C18H25N3/c1-5-11-19-18-8-6-7-16(20-18)13-21(4)17-10-9-14(2)12-15(17)3/h6-10,12H,5,11,13H2,1-4H3,(H,19,20). The normalized spacial score (nSPS) is 10.5. The highest BCUT2D eigenvalue weighted by molar-refractivity contribution is 5.54. The number of nitrogens with one attached hydrogen (secondary N) is 1. The van der Waals surface area contributed by atoms with Gasteiger partial charge in [0, 0.05) is 19.3 Å². The van der Waals surface area contributed by atoms with Crippen molar-refractivity contribution in [2.24, 2.45) is 0 Å². The minimum Gasteiger partial charge on any atom is -0.370 e. The quantitative estimate of drug-likeness (QED) is 0.863. The lowest BCUT2D eigenvalue weighted by atomic mass is 10.1. The molecule has 0 amide bonds. The van der Waals surface area contributed by atoms with Crippen LogP contribution in [-0.2, 0) is 6.54 Å². The molecule has 0 spiro atoms. The fraction of sp³-hybridized carbons (Fsp3) is 0.389. The van der Waals surface area contributed by atoms with Gasteiger partial charge in [-0.1, -0.05) is 30.7 Å². The molecule has 0 aliphatic carbocycles. The lowest BCUT2D eigenvalue weighted by Crippen LogP contribution is -2.18. The van der Waals surface area contributed by atoms with Gasteiger partial charge in [-0.3, -0.25) is 0 Å². The zero-order valence-corrected chi connectivity index (χ0v) is 13.5. The zero-order valence-electron chi connectivity index (χ0n) is 13.5. The summed E-state index contributed by atoms with van der Waals surface area (Å²) in [6.45, 7) is 8.21. The third-order valence-corrected chi connectivity index (χ3v) is 3.53. The van der Waals surface area contributed by atoms with Crippen molar-refractivity contribution in [3.8, 4) is 0 Å². The molecule has 3 heteroatoms. The van der Waals surface area contributed by atoms with Gasteiger partial charge in [0.2, 0.25) is 0 Å². The number of pyridine rings is 1. The number of aryl methyl sites for hydroxylation is 2. The van der Waals surface area contributed by atoms with Crippen LogP contribution in [0.4, 0.5) is 11.5 Å². The largest absolute Gasteiger partial charge is 0.370 e. The molecule has 0 saturated carbocycles. The van der Waals surface area contributed by atoms with Gasteiger partial charge in [-0.15, -0.1) is 0 Å². The van der Waals surface area contributed by atoms with Crippen molar-refractivity contribution in [3.05, 3.63) is 53.2 Å². The van der Waals surface area contributed by atoms with E-state index in [9.17, 15) is 0 Å². The van der Waals surface area contributed by atoms with Gasteiger partial charge in [0.25, 0.3) is 0 Å². The number of hydrogen-bond donors (Lipinski definition) is 1. The second-order valence-electron chi connectivity index (χ2n) is 5.59. The van der Waals surface area contributed by atoms with E-state index in [2.05, 4.69) is 73.4 Å². The van der Waals surface area contributed by atoms with Crippen molar-refractivity contribution in [2.45, 2.75) is 33.7 Å². The minimum atomic E-state index is 0.811. The highest BCUT2D eigenvalue weighted by atomic mass is 15.1. The van der Waals surface area contributed by atoms with Crippen molar-refractivity contribution >= 4 is 11.5 Å². The lowest BCUT2D eigenvalue weighted by Gasteiger charge is -2.21. The molecule has 0 bridgehead atoms. The summed E-state index contributed by atoms with van der Waals surface area (Å²) in [5.74, 6) is 0.961. The molecule has 2 rings (SSSR count). The molecule has 21 heavy (non-hydrogen) atoms. The van der Waals surface area contributed by atoms with E-state index < -0.39 is 0 Å². The molecule has 0 unspecified atom stereocenters. The Kier molecular flexibility index (Phi) is 5.20. The van der Waals surface area contributed by atoms with Gasteiger partial charge < -0.3 is 10.2 Å². The average Bonchev–Trinajstić information content (AvgIpc) is 2.45. The van der Waals surface area contributed by atoms with Crippen LogP contribution in [0.3, 0.4) is 0 Å². The Morgan fingerprint density at radius 2 is 1.95 bits per heavy atom. The van der Waals surface area contributed by atoms with Crippen LogP contribution in [0.15, 0.2) is 36.4 Å². The molecule has 112 valence electrons. The number of aromatic nitrogens is 1. The van der Waals surface area contributed by atoms with Gasteiger partial charge in [-0.2, -0.15) is 0 Å². The summed E-state index contributed by atoms with van der Waals surface area (Å²) in [5, 5.41) is 3.34. The number of rotatable bonds is 6. The molecule has 3 nitrogen and oxygen atoms in total. The molecular weight excluding hydrogens is 258 g/mol. The summed E-state index contributed by atoms with van der Waals surface area (Å²) in [6, 6.07) is 12.7. The minimum absolute atomic E-state index is 0.811. The van der Waals surface area contributed by atoms with Crippen molar-refractivity contribution in [1.82, 2.24) is 4.98 Å². The van der Waals surface area contributed by atoms with Crippen LogP contribution in [0.25, 0.3) is 0 Å². The number of nitrogens with zero attached hydrogens (tertiary/aromatic N) is 2. The van der Waals surface area contributed by atoms with E-state index in [1.807, 2.05) is 6.07 Å². The maximum atomic E-state index is 4.67. The smallest absolute Gasteiger partial charge is 0.126 e. The van der Waals surface area contributed by atoms with E-state index in [0.29, 0.717) is 0 Å². The topological polar surface area (TPSA) is 28.2 Å². The molecule has 1 heterocycles. The molecule has 0 aliphatic heterocycles. The first kappa shape index (κ1) is 15.4. The summed E-state index contributed by atoms with van der Waals surface area (Å²) >= 11 is 0. The van der Waals surface area contributed by atoms with Crippen molar-refractivity contribution < 1.29 is 0 Å². The van der Waals surface area contributed by atoms with Crippen molar-refractivity contribution in [2.75, 3.05) is 23.8 Å².